The Morgan fingerprint density at radius 3 is 2.48 bits per heavy atom. The topological polar surface area (TPSA) is 40.6 Å². The fourth-order valence-electron chi connectivity index (χ4n) is 4.67. The minimum Gasteiger partial charge on any atom is -0.339 e. The lowest BCUT2D eigenvalue weighted by molar-refractivity contribution is -0.139. The maximum Gasteiger partial charge on any atom is 0.222 e. The van der Waals surface area contributed by atoms with E-state index >= 15 is 0 Å². The van der Waals surface area contributed by atoms with Gasteiger partial charge >= 0.3 is 0 Å². The maximum absolute atomic E-state index is 12.9. The normalized spacial score (nSPS) is 23.0. The first kappa shape index (κ1) is 18.6. The van der Waals surface area contributed by atoms with Crippen molar-refractivity contribution in [3.8, 4) is 0 Å². The van der Waals surface area contributed by atoms with Crippen molar-refractivity contribution >= 4 is 11.7 Å². The van der Waals surface area contributed by atoms with Gasteiger partial charge < -0.3 is 9.80 Å². The second kappa shape index (κ2) is 7.70. The van der Waals surface area contributed by atoms with Crippen LogP contribution in [0.15, 0.2) is 24.3 Å². The highest BCUT2D eigenvalue weighted by Crippen LogP contribution is 2.43. The molecule has 4 nitrogen and oxygen atoms in total. The molecule has 1 saturated carbocycles. The van der Waals surface area contributed by atoms with Gasteiger partial charge in [0.2, 0.25) is 5.91 Å². The average molecular weight is 372 g/mol. The standard InChI is InChI=1S/C22H29FN2O2/c23-18-5-3-17(4-6-18)20(26)2-1-13-24-14-11-22(12-15-24)10-9-21(27)25(16-22)19-7-8-19/h3-6,19H,1-2,7-16H2. The van der Waals surface area contributed by atoms with Crippen molar-refractivity contribution in [3.63, 3.8) is 0 Å². The summed E-state index contributed by atoms with van der Waals surface area (Å²) in [4.78, 5) is 29.0. The largest absolute Gasteiger partial charge is 0.339 e. The molecule has 1 aromatic carbocycles. The third-order valence-corrected chi connectivity index (χ3v) is 6.64. The molecule has 2 aliphatic heterocycles. The van der Waals surface area contributed by atoms with Crippen molar-refractivity contribution in [1.29, 1.82) is 0 Å². The summed E-state index contributed by atoms with van der Waals surface area (Å²) in [6.45, 7) is 4.04. The highest BCUT2D eigenvalue weighted by molar-refractivity contribution is 5.95. The zero-order valence-corrected chi connectivity index (χ0v) is 16.0. The molecule has 0 bridgehead atoms. The summed E-state index contributed by atoms with van der Waals surface area (Å²) in [5, 5.41) is 0. The first-order valence-electron chi connectivity index (χ1n) is 10.4. The van der Waals surface area contributed by atoms with E-state index in [0.29, 0.717) is 29.3 Å². The molecule has 2 saturated heterocycles. The van der Waals surface area contributed by atoms with Crippen molar-refractivity contribution in [2.45, 2.75) is 57.4 Å². The third kappa shape index (κ3) is 4.40. The Bertz CT molecular complexity index is 691. The number of benzene rings is 1. The number of piperidine rings is 2. The second-order valence-electron chi connectivity index (χ2n) is 8.63. The van der Waals surface area contributed by atoms with E-state index in [1.54, 1.807) is 12.1 Å². The Labute approximate surface area is 160 Å². The van der Waals surface area contributed by atoms with Gasteiger partial charge in [0.05, 0.1) is 0 Å². The van der Waals surface area contributed by atoms with Crippen LogP contribution in [-0.4, -0.2) is 53.7 Å². The number of rotatable bonds is 6. The van der Waals surface area contributed by atoms with Crippen LogP contribution in [0.5, 0.6) is 0 Å². The van der Waals surface area contributed by atoms with Gasteiger partial charge in [0.25, 0.3) is 0 Å². The highest BCUT2D eigenvalue weighted by Gasteiger charge is 2.44. The Balaban J connectivity index is 1.21. The summed E-state index contributed by atoms with van der Waals surface area (Å²) in [5.41, 5.74) is 0.928. The van der Waals surface area contributed by atoms with Crippen LogP contribution >= 0.6 is 0 Å². The molecular weight excluding hydrogens is 343 g/mol. The van der Waals surface area contributed by atoms with Crippen LogP contribution in [-0.2, 0) is 4.79 Å². The summed E-state index contributed by atoms with van der Waals surface area (Å²) in [7, 11) is 0. The zero-order valence-electron chi connectivity index (χ0n) is 16.0. The number of Topliss-reactive ketones (excluding diaryl/α,β-unsaturated/α-hetero) is 1. The second-order valence-corrected chi connectivity index (χ2v) is 8.63. The summed E-state index contributed by atoms with van der Waals surface area (Å²) in [6, 6.07) is 6.36. The lowest BCUT2D eigenvalue weighted by Crippen LogP contribution is -2.52. The van der Waals surface area contributed by atoms with Gasteiger partial charge in [0.1, 0.15) is 5.82 Å². The molecule has 0 radical (unpaired) electrons. The first-order chi connectivity index (χ1) is 13.0. The van der Waals surface area contributed by atoms with Crippen molar-refractivity contribution in [2.75, 3.05) is 26.2 Å². The van der Waals surface area contributed by atoms with Gasteiger partial charge in [-0.2, -0.15) is 0 Å². The van der Waals surface area contributed by atoms with Crippen molar-refractivity contribution in [2.24, 2.45) is 5.41 Å². The van der Waals surface area contributed by atoms with E-state index in [0.717, 1.165) is 58.3 Å². The SMILES string of the molecule is O=C(CCCN1CCC2(CCC(=O)N(C3CC3)C2)CC1)c1ccc(F)cc1. The molecule has 1 aromatic rings. The fraction of sp³-hybridized carbons (Fsp3) is 0.636. The molecule has 3 fully saturated rings. The number of likely N-dealkylation sites (tertiary alicyclic amines) is 2. The van der Waals surface area contributed by atoms with Gasteiger partial charge in [0.15, 0.2) is 5.78 Å². The number of carbonyl (C=O) groups excluding carboxylic acids is 2. The molecule has 1 amide bonds. The van der Waals surface area contributed by atoms with Crippen LogP contribution in [0, 0.1) is 11.2 Å². The minimum atomic E-state index is -0.307. The number of hydrogen-bond donors (Lipinski definition) is 0. The van der Waals surface area contributed by atoms with Crippen LogP contribution < -0.4 is 0 Å². The smallest absolute Gasteiger partial charge is 0.222 e. The number of hydrogen-bond acceptors (Lipinski definition) is 3. The highest BCUT2D eigenvalue weighted by atomic mass is 19.1. The molecular formula is C22H29FN2O2. The van der Waals surface area contributed by atoms with Crippen LogP contribution in [0.3, 0.4) is 0 Å². The van der Waals surface area contributed by atoms with Gasteiger partial charge in [-0.1, -0.05) is 0 Å². The van der Waals surface area contributed by atoms with Crippen molar-refractivity contribution in [1.82, 2.24) is 9.80 Å². The molecule has 0 aromatic heterocycles. The van der Waals surface area contributed by atoms with Crippen LogP contribution in [0.2, 0.25) is 0 Å². The molecule has 4 rings (SSSR count). The summed E-state index contributed by atoms with van der Waals surface area (Å²) >= 11 is 0. The minimum absolute atomic E-state index is 0.0920. The maximum atomic E-state index is 12.9. The first-order valence-corrected chi connectivity index (χ1v) is 10.4. The van der Waals surface area contributed by atoms with Gasteiger partial charge in [-0.15, -0.1) is 0 Å². The predicted molar refractivity (Wildman–Crippen MR) is 102 cm³/mol. The lowest BCUT2D eigenvalue weighted by atomic mass is 9.72. The van der Waals surface area contributed by atoms with Crippen LogP contribution in [0.4, 0.5) is 4.39 Å². The number of amides is 1. The van der Waals surface area contributed by atoms with E-state index in [2.05, 4.69) is 9.80 Å². The molecule has 1 spiro atoms. The summed E-state index contributed by atoms with van der Waals surface area (Å²) < 4.78 is 12.9. The zero-order chi connectivity index (χ0) is 18.9. The molecule has 0 atom stereocenters. The van der Waals surface area contributed by atoms with Crippen molar-refractivity contribution in [3.05, 3.63) is 35.6 Å². The van der Waals surface area contributed by atoms with E-state index in [-0.39, 0.29) is 11.6 Å². The quantitative estimate of drug-likeness (QED) is 0.716. The Morgan fingerprint density at radius 1 is 1.11 bits per heavy atom. The number of carbonyl (C=O) groups is 2. The average Bonchev–Trinajstić information content (AvgIpc) is 3.51. The number of halogens is 1. The molecule has 0 N–H and O–H groups in total. The number of nitrogens with zero attached hydrogens (tertiary/aromatic N) is 2. The number of ketones is 1. The van der Waals surface area contributed by atoms with E-state index in [4.69, 9.17) is 0 Å². The molecule has 0 unspecified atom stereocenters. The molecule has 3 aliphatic rings. The van der Waals surface area contributed by atoms with Crippen LogP contribution in [0.25, 0.3) is 0 Å². The van der Waals surface area contributed by atoms with E-state index in [1.165, 1.54) is 25.0 Å². The van der Waals surface area contributed by atoms with Gasteiger partial charge in [-0.05, 0) is 87.8 Å². The third-order valence-electron chi connectivity index (χ3n) is 6.64. The molecule has 146 valence electrons. The molecule has 27 heavy (non-hydrogen) atoms. The molecule has 1 aliphatic carbocycles. The van der Waals surface area contributed by atoms with E-state index < -0.39 is 0 Å². The van der Waals surface area contributed by atoms with Gasteiger partial charge in [-0.3, -0.25) is 9.59 Å². The molecule has 2 heterocycles. The Kier molecular flexibility index (Phi) is 5.31. The van der Waals surface area contributed by atoms with E-state index in [1.807, 2.05) is 0 Å². The lowest BCUT2D eigenvalue weighted by Gasteiger charge is -2.47. The van der Waals surface area contributed by atoms with Gasteiger partial charge in [-0.25, -0.2) is 4.39 Å². The fourth-order valence-corrected chi connectivity index (χ4v) is 4.67. The van der Waals surface area contributed by atoms with Crippen LogP contribution in [0.1, 0.15) is 61.7 Å². The Morgan fingerprint density at radius 2 is 1.81 bits per heavy atom. The van der Waals surface area contributed by atoms with Gasteiger partial charge in [0, 0.05) is 31.0 Å². The van der Waals surface area contributed by atoms with Crippen molar-refractivity contribution < 1.29 is 14.0 Å². The summed E-state index contributed by atoms with van der Waals surface area (Å²) in [6.07, 6.45) is 7.83. The monoisotopic (exact) mass is 372 g/mol. The predicted octanol–water partition coefficient (Wildman–Crippen LogP) is 3.66. The summed E-state index contributed by atoms with van der Waals surface area (Å²) in [5.74, 6) is 0.151. The molecule has 5 heteroatoms. The Hall–Kier alpha value is -1.75. The van der Waals surface area contributed by atoms with E-state index in [9.17, 15) is 14.0 Å².